The van der Waals surface area contributed by atoms with Crippen LogP contribution in [0.4, 0.5) is 21.8 Å². The van der Waals surface area contributed by atoms with E-state index in [4.69, 9.17) is 9.72 Å². The number of nitrogens with one attached hydrogen (secondary N) is 1. The molecule has 5 aromatic rings. The van der Waals surface area contributed by atoms with Gasteiger partial charge in [-0.3, -0.25) is 4.79 Å². The Bertz CT molecular complexity index is 1880. The summed E-state index contributed by atoms with van der Waals surface area (Å²) in [4.78, 5) is 33.8. The number of amides is 1. The Kier molecular flexibility index (Phi) is 5.96. The molecule has 2 aliphatic rings. The van der Waals surface area contributed by atoms with Crippen molar-refractivity contribution in [3.8, 4) is 11.5 Å². The minimum absolute atomic E-state index is 0.0682. The third kappa shape index (κ3) is 4.24. The minimum Gasteiger partial charge on any atom is -0.457 e. The fourth-order valence-corrected chi connectivity index (χ4v) is 5.83. The fourth-order valence-electron chi connectivity index (χ4n) is 5.83. The molecule has 1 aliphatic carbocycles. The van der Waals surface area contributed by atoms with E-state index in [0.29, 0.717) is 57.2 Å². The predicted molar refractivity (Wildman–Crippen MR) is 154 cm³/mol. The number of halogens is 1. The molecule has 0 spiro atoms. The van der Waals surface area contributed by atoms with E-state index in [1.54, 1.807) is 47.0 Å². The molecular weight excluding hydrogens is 539 g/mol. The topological polar surface area (TPSA) is 127 Å². The first-order valence-electron chi connectivity index (χ1n) is 13.5. The number of likely N-dealkylation sites (N-methyl/N-ethyl adjacent to an activating group) is 1. The summed E-state index contributed by atoms with van der Waals surface area (Å²) < 4.78 is 23.2. The van der Waals surface area contributed by atoms with Crippen LogP contribution in [0.5, 0.6) is 11.5 Å². The summed E-state index contributed by atoms with van der Waals surface area (Å²) in [6.07, 6.45) is 4.38. The number of hydrogen-bond donors (Lipinski definition) is 1. The molecule has 12 nitrogen and oxygen atoms in total. The van der Waals surface area contributed by atoms with Crippen molar-refractivity contribution in [2.45, 2.75) is 13.0 Å². The lowest BCUT2D eigenvalue weighted by molar-refractivity contribution is -0.125. The van der Waals surface area contributed by atoms with Crippen molar-refractivity contribution < 1.29 is 13.9 Å². The standard InChI is InChI=1S/C29H27FN10O2/c1-5-24(41)38(3)27-17-12-40(13-18(17)27)29-31-11-21-26(35-29)28(33-14-32-21)34-19-7-9-23(15(2)25(19)30)42-16-6-8-22-20(10-16)36-37-39(22)4/h5-11,14,17-18,27H,1,12-13H2,2-4H3,(H,32,33,34). The van der Waals surface area contributed by atoms with Crippen LogP contribution in [-0.4, -0.2) is 71.9 Å². The first-order valence-corrected chi connectivity index (χ1v) is 13.5. The first-order chi connectivity index (χ1) is 20.3. The Morgan fingerprint density at radius 2 is 1.98 bits per heavy atom. The van der Waals surface area contributed by atoms with Crippen molar-refractivity contribution in [1.82, 2.24) is 39.8 Å². The summed E-state index contributed by atoms with van der Waals surface area (Å²) in [5, 5.41) is 11.2. The molecule has 0 radical (unpaired) electrons. The van der Waals surface area contributed by atoms with Gasteiger partial charge in [0.25, 0.3) is 0 Å². The van der Waals surface area contributed by atoms with E-state index in [1.807, 2.05) is 20.2 Å². The van der Waals surface area contributed by atoms with Gasteiger partial charge in [-0.2, -0.15) is 0 Å². The molecule has 1 saturated heterocycles. The summed E-state index contributed by atoms with van der Waals surface area (Å²) in [5.41, 5.74) is 3.12. The maximum Gasteiger partial charge on any atom is 0.245 e. The van der Waals surface area contributed by atoms with Gasteiger partial charge >= 0.3 is 0 Å². The fraction of sp³-hybridized carbons (Fsp3) is 0.276. The Hall–Kier alpha value is -5.20. The Morgan fingerprint density at radius 1 is 1.17 bits per heavy atom. The highest BCUT2D eigenvalue weighted by atomic mass is 19.1. The number of nitrogens with zero attached hydrogens (tertiary/aromatic N) is 9. The largest absolute Gasteiger partial charge is 0.457 e. The number of carbonyl (C=O) groups is 1. The highest BCUT2D eigenvalue weighted by Crippen LogP contribution is 2.49. The molecule has 13 heteroatoms. The lowest BCUT2D eigenvalue weighted by Crippen LogP contribution is -2.36. The zero-order chi connectivity index (χ0) is 29.1. The smallest absolute Gasteiger partial charge is 0.245 e. The third-order valence-electron chi connectivity index (χ3n) is 8.17. The molecule has 4 heterocycles. The van der Waals surface area contributed by atoms with Gasteiger partial charge in [0.1, 0.15) is 34.4 Å². The van der Waals surface area contributed by atoms with Crippen LogP contribution in [0.1, 0.15) is 5.56 Å². The molecule has 1 amide bonds. The number of aromatic nitrogens is 7. The van der Waals surface area contributed by atoms with Gasteiger partial charge in [0.15, 0.2) is 11.6 Å². The Morgan fingerprint density at radius 3 is 2.76 bits per heavy atom. The van der Waals surface area contributed by atoms with E-state index in [1.165, 1.54) is 12.4 Å². The molecule has 1 aliphatic heterocycles. The molecule has 42 heavy (non-hydrogen) atoms. The maximum absolute atomic E-state index is 15.6. The highest BCUT2D eigenvalue weighted by Gasteiger charge is 2.58. The van der Waals surface area contributed by atoms with Gasteiger partial charge in [-0.15, -0.1) is 5.10 Å². The average Bonchev–Trinajstić information content (AvgIpc) is 3.29. The van der Waals surface area contributed by atoms with E-state index in [-0.39, 0.29) is 17.6 Å². The number of anilines is 3. The summed E-state index contributed by atoms with van der Waals surface area (Å²) in [7, 11) is 3.63. The number of rotatable bonds is 7. The van der Waals surface area contributed by atoms with Gasteiger partial charge in [0.2, 0.25) is 11.9 Å². The summed E-state index contributed by atoms with van der Waals surface area (Å²) >= 11 is 0. The summed E-state index contributed by atoms with van der Waals surface area (Å²) in [6, 6.07) is 8.92. The lowest BCUT2D eigenvalue weighted by atomic mass is 10.1. The molecule has 2 atom stereocenters. The van der Waals surface area contributed by atoms with Gasteiger partial charge in [0.05, 0.1) is 17.4 Å². The van der Waals surface area contributed by atoms with Crippen LogP contribution < -0.4 is 15.0 Å². The molecule has 1 N–H and O–H groups in total. The molecule has 1 saturated carbocycles. The zero-order valence-electron chi connectivity index (χ0n) is 23.2. The molecule has 7 rings (SSSR count). The second-order valence-electron chi connectivity index (χ2n) is 10.6. The number of piperidine rings is 1. The number of benzene rings is 2. The molecule has 0 bridgehead atoms. The van der Waals surface area contributed by atoms with Crippen molar-refractivity contribution >= 4 is 45.4 Å². The number of aryl methyl sites for hydroxylation is 1. The highest BCUT2D eigenvalue weighted by molar-refractivity contribution is 5.88. The van der Waals surface area contributed by atoms with Gasteiger partial charge in [-0.25, -0.2) is 29.0 Å². The second-order valence-corrected chi connectivity index (χ2v) is 10.6. The van der Waals surface area contributed by atoms with E-state index in [2.05, 4.69) is 42.1 Å². The van der Waals surface area contributed by atoms with Crippen LogP contribution in [-0.2, 0) is 11.8 Å². The maximum atomic E-state index is 15.6. The number of ether oxygens (including phenoxy) is 1. The van der Waals surface area contributed by atoms with Crippen molar-refractivity contribution in [2.24, 2.45) is 18.9 Å². The quantitative estimate of drug-likeness (QED) is 0.291. The molecule has 212 valence electrons. The van der Waals surface area contributed by atoms with E-state index < -0.39 is 5.82 Å². The van der Waals surface area contributed by atoms with E-state index in [9.17, 15) is 4.79 Å². The Balaban J connectivity index is 1.11. The number of hydrogen-bond acceptors (Lipinski definition) is 10. The van der Waals surface area contributed by atoms with E-state index >= 15 is 4.39 Å². The van der Waals surface area contributed by atoms with Gasteiger partial charge in [-0.1, -0.05) is 11.8 Å². The van der Waals surface area contributed by atoms with Crippen molar-refractivity contribution in [1.29, 1.82) is 0 Å². The van der Waals surface area contributed by atoms with Gasteiger partial charge in [0, 0.05) is 56.7 Å². The van der Waals surface area contributed by atoms with Crippen LogP contribution in [0.25, 0.3) is 22.1 Å². The van der Waals surface area contributed by atoms with Gasteiger partial charge in [-0.05, 0) is 37.3 Å². The lowest BCUT2D eigenvalue weighted by Gasteiger charge is -2.24. The van der Waals surface area contributed by atoms with Crippen LogP contribution in [0, 0.1) is 24.6 Å². The van der Waals surface area contributed by atoms with Gasteiger partial charge < -0.3 is 19.9 Å². The SMILES string of the molecule is C=CC(=O)N(C)C1C2CN(c3ncc4ncnc(Nc5ccc(Oc6ccc7c(c6)nnn7C)c(C)c5F)c4n3)CC21. The number of carbonyl (C=O) groups excluding carboxylic acids is 1. The molecule has 2 fully saturated rings. The first kappa shape index (κ1) is 25.7. The summed E-state index contributed by atoms with van der Waals surface area (Å²) in [6.45, 7) is 6.72. The predicted octanol–water partition coefficient (Wildman–Crippen LogP) is 3.76. The average molecular weight is 567 g/mol. The van der Waals surface area contributed by atoms with Crippen molar-refractivity contribution in [2.75, 3.05) is 30.4 Å². The third-order valence-corrected chi connectivity index (χ3v) is 8.17. The van der Waals surface area contributed by atoms with Crippen LogP contribution >= 0.6 is 0 Å². The van der Waals surface area contributed by atoms with Crippen LogP contribution in [0.2, 0.25) is 0 Å². The zero-order valence-corrected chi connectivity index (χ0v) is 23.2. The van der Waals surface area contributed by atoms with E-state index in [0.717, 1.165) is 18.6 Å². The number of fused-ring (bicyclic) bond motifs is 3. The molecular formula is C29H27FN10O2. The van der Waals surface area contributed by atoms with Crippen molar-refractivity contribution in [3.05, 3.63) is 66.9 Å². The second kappa shape index (κ2) is 9.72. The minimum atomic E-state index is -0.474. The van der Waals surface area contributed by atoms with Crippen LogP contribution in [0.15, 0.2) is 55.5 Å². The Labute approximate surface area is 239 Å². The van der Waals surface area contributed by atoms with Crippen molar-refractivity contribution in [3.63, 3.8) is 0 Å². The summed E-state index contributed by atoms with van der Waals surface area (Å²) in [5.74, 6) is 2.00. The molecule has 2 aromatic carbocycles. The monoisotopic (exact) mass is 566 g/mol. The van der Waals surface area contributed by atoms with Crippen LogP contribution in [0.3, 0.4) is 0 Å². The molecule has 3 aromatic heterocycles. The molecule has 2 unspecified atom stereocenters. The normalized spacial score (nSPS) is 19.1.